The zero-order valence-electron chi connectivity index (χ0n) is 9.29. The maximum absolute atomic E-state index is 11.5. The molecular formula is C12H16N2O. The van der Waals surface area contributed by atoms with Crippen molar-refractivity contribution in [2.75, 3.05) is 5.32 Å². The number of aryl methyl sites for hydroxylation is 1. The van der Waals surface area contributed by atoms with Gasteiger partial charge < -0.3 is 11.1 Å². The summed E-state index contributed by atoms with van der Waals surface area (Å²) in [5.74, 6) is 0.0207. The quantitative estimate of drug-likeness (QED) is 0.735. The van der Waals surface area contributed by atoms with E-state index in [1.807, 2.05) is 32.9 Å². The van der Waals surface area contributed by atoms with Crippen molar-refractivity contribution in [1.82, 2.24) is 0 Å². The summed E-state index contributed by atoms with van der Waals surface area (Å²) >= 11 is 0. The van der Waals surface area contributed by atoms with Crippen molar-refractivity contribution in [2.45, 2.75) is 32.7 Å². The molecule has 0 aromatic heterocycles. The highest BCUT2D eigenvalue weighted by molar-refractivity contribution is 6.03. The molecule has 3 nitrogen and oxygen atoms in total. The van der Waals surface area contributed by atoms with E-state index in [0.29, 0.717) is 0 Å². The Balaban J connectivity index is 2.57. The van der Waals surface area contributed by atoms with Gasteiger partial charge in [-0.1, -0.05) is 12.1 Å². The Morgan fingerprint density at radius 3 is 2.73 bits per heavy atom. The highest BCUT2D eigenvalue weighted by Crippen LogP contribution is 2.36. The lowest BCUT2D eigenvalue weighted by atomic mass is 9.95. The Morgan fingerprint density at radius 2 is 2.13 bits per heavy atom. The van der Waals surface area contributed by atoms with Crippen LogP contribution in [0.15, 0.2) is 12.1 Å². The summed E-state index contributed by atoms with van der Waals surface area (Å²) in [6.07, 6.45) is 0. The highest BCUT2D eigenvalue weighted by Gasteiger charge is 2.28. The molecule has 1 amide bonds. The molecule has 0 aliphatic carbocycles. The van der Waals surface area contributed by atoms with Crippen molar-refractivity contribution >= 4 is 11.6 Å². The third kappa shape index (κ3) is 1.53. The molecule has 0 saturated heterocycles. The molecule has 15 heavy (non-hydrogen) atoms. The molecular weight excluding hydrogens is 188 g/mol. The van der Waals surface area contributed by atoms with Crippen LogP contribution in [-0.2, 0) is 4.79 Å². The summed E-state index contributed by atoms with van der Waals surface area (Å²) in [5.41, 5.74) is 10.1. The molecule has 1 aromatic carbocycles. The van der Waals surface area contributed by atoms with Gasteiger partial charge in [0.15, 0.2) is 0 Å². The zero-order chi connectivity index (χ0) is 11.2. The van der Waals surface area contributed by atoms with Gasteiger partial charge in [0, 0.05) is 11.7 Å². The smallest absolute Gasteiger partial charge is 0.231 e. The van der Waals surface area contributed by atoms with Crippen LogP contribution in [0.4, 0.5) is 5.69 Å². The van der Waals surface area contributed by atoms with Gasteiger partial charge in [0.05, 0.1) is 5.92 Å². The molecule has 3 heteroatoms. The van der Waals surface area contributed by atoms with E-state index in [4.69, 9.17) is 5.73 Å². The lowest BCUT2D eigenvalue weighted by Crippen LogP contribution is -2.08. The summed E-state index contributed by atoms with van der Waals surface area (Å²) in [6.45, 7) is 5.88. The Hall–Kier alpha value is -1.35. The fourth-order valence-electron chi connectivity index (χ4n) is 1.99. The van der Waals surface area contributed by atoms with E-state index in [1.165, 1.54) is 0 Å². The summed E-state index contributed by atoms with van der Waals surface area (Å²) in [5, 5.41) is 2.90. The number of rotatable bonds is 1. The van der Waals surface area contributed by atoms with E-state index in [-0.39, 0.29) is 17.9 Å². The summed E-state index contributed by atoms with van der Waals surface area (Å²) < 4.78 is 0. The lowest BCUT2D eigenvalue weighted by Gasteiger charge is -2.11. The first-order valence-electron chi connectivity index (χ1n) is 5.21. The van der Waals surface area contributed by atoms with Crippen LogP contribution in [0.1, 0.15) is 42.5 Å². The van der Waals surface area contributed by atoms with E-state index < -0.39 is 0 Å². The molecule has 3 N–H and O–H groups in total. The van der Waals surface area contributed by atoms with Gasteiger partial charge >= 0.3 is 0 Å². The van der Waals surface area contributed by atoms with Crippen LogP contribution in [0, 0.1) is 6.92 Å². The number of anilines is 1. The summed E-state index contributed by atoms with van der Waals surface area (Å²) in [6, 6.07) is 4.09. The Morgan fingerprint density at radius 1 is 1.47 bits per heavy atom. The average Bonchev–Trinajstić information content (AvgIpc) is 2.45. The molecule has 2 unspecified atom stereocenters. The Bertz CT molecular complexity index is 424. The van der Waals surface area contributed by atoms with Gasteiger partial charge in [0.2, 0.25) is 5.91 Å². The second-order valence-electron chi connectivity index (χ2n) is 4.30. The van der Waals surface area contributed by atoms with Crippen molar-refractivity contribution in [3.05, 3.63) is 28.8 Å². The number of nitrogens with two attached hydrogens (primary N) is 1. The van der Waals surface area contributed by atoms with E-state index >= 15 is 0 Å². The normalized spacial score (nSPS) is 21.1. The maximum atomic E-state index is 11.5. The van der Waals surface area contributed by atoms with Crippen molar-refractivity contribution in [3.8, 4) is 0 Å². The molecule has 1 aromatic rings. The number of amides is 1. The second-order valence-corrected chi connectivity index (χ2v) is 4.30. The number of hydrogen-bond donors (Lipinski definition) is 2. The number of nitrogens with one attached hydrogen (secondary N) is 1. The fraction of sp³-hybridized carbons (Fsp3) is 0.417. The van der Waals surface area contributed by atoms with Crippen LogP contribution in [0.25, 0.3) is 0 Å². The largest absolute Gasteiger partial charge is 0.325 e. The average molecular weight is 204 g/mol. The predicted molar refractivity (Wildman–Crippen MR) is 60.8 cm³/mol. The van der Waals surface area contributed by atoms with Crippen molar-refractivity contribution < 1.29 is 4.79 Å². The van der Waals surface area contributed by atoms with Crippen molar-refractivity contribution in [3.63, 3.8) is 0 Å². The molecule has 1 heterocycles. The highest BCUT2D eigenvalue weighted by atomic mass is 16.2. The van der Waals surface area contributed by atoms with Gasteiger partial charge in [-0.2, -0.15) is 0 Å². The molecule has 2 rings (SSSR count). The number of carbonyl (C=O) groups excluding carboxylic acids is 1. The van der Waals surface area contributed by atoms with E-state index in [9.17, 15) is 4.79 Å². The first kappa shape index (κ1) is 10.2. The second kappa shape index (κ2) is 3.35. The van der Waals surface area contributed by atoms with Crippen LogP contribution in [0.2, 0.25) is 0 Å². The van der Waals surface area contributed by atoms with E-state index in [2.05, 4.69) is 5.32 Å². The van der Waals surface area contributed by atoms with Crippen LogP contribution >= 0.6 is 0 Å². The third-order valence-corrected chi connectivity index (χ3v) is 3.02. The number of carbonyl (C=O) groups is 1. The van der Waals surface area contributed by atoms with Crippen LogP contribution in [0.5, 0.6) is 0 Å². The monoisotopic (exact) mass is 204 g/mol. The van der Waals surface area contributed by atoms with Crippen LogP contribution < -0.4 is 11.1 Å². The number of fused-ring (bicyclic) bond motifs is 1. The van der Waals surface area contributed by atoms with Gasteiger partial charge in [0.1, 0.15) is 0 Å². The first-order chi connectivity index (χ1) is 7.00. The Kier molecular flexibility index (Phi) is 2.27. The molecule has 0 spiro atoms. The number of hydrogen-bond acceptors (Lipinski definition) is 2. The standard InChI is InChI=1S/C12H16N2O/c1-6-4-9(8(3)13)5-10-7(2)12(15)14-11(6)10/h4-5,7-8H,13H2,1-3H3,(H,14,15). The van der Waals surface area contributed by atoms with E-state index in [1.54, 1.807) is 0 Å². The first-order valence-corrected chi connectivity index (χ1v) is 5.21. The Labute approximate surface area is 89.7 Å². The lowest BCUT2D eigenvalue weighted by molar-refractivity contribution is -0.116. The zero-order valence-corrected chi connectivity index (χ0v) is 9.29. The molecule has 0 saturated carbocycles. The van der Waals surface area contributed by atoms with Gasteiger partial charge in [0.25, 0.3) is 0 Å². The molecule has 1 aliphatic rings. The van der Waals surface area contributed by atoms with Gasteiger partial charge in [-0.25, -0.2) is 0 Å². The molecule has 2 atom stereocenters. The SMILES string of the molecule is Cc1cc(C(C)N)cc2c1NC(=O)C2C. The van der Waals surface area contributed by atoms with Gasteiger partial charge in [-0.05, 0) is 37.5 Å². The van der Waals surface area contributed by atoms with Gasteiger partial charge in [-0.15, -0.1) is 0 Å². The number of benzene rings is 1. The molecule has 80 valence electrons. The molecule has 0 radical (unpaired) electrons. The molecule has 1 aliphatic heterocycles. The van der Waals surface area contributed by atoms with Crippen molar-refractivity contribution in [2.24, 2.45) is 5.73 Å². The maximum Gasteiger partial charge on any atom is 0.231 e. The summed E-state index contributed by atoms with van der Waals surface area (Å²) in [4.78, 5) is 11.5. The fourth-order valence-corrected chi connectivity index (χ4v) is 1.99. The van der Waals surface area contributed by atoms with Gasteiger partial charge in [-0.3, -0.25) is 4.79 Å². The van der Waals surface area contributed by atoms with Crippen molar-refractivity contribution in [1.29, 1.82) is 0 Å². The van der Waals surface area contributed by atoms with E-state index in [0.717, 1.165) is 22.4 Å². The third-order valence-electron chi connectivity index (χ3n) is 3.02. The minimum atomic E-state index is -0.0580. The minimum Gasteiger partial charge on any atom is -0.325 e. The van der Waals surface area contributed by atoms with Crippen LogP contribution in [-0.4, -0.2) is 5.91 Å². The topological polar surface area (TPSA) is 55.1 Å². The predicted octanol–water partition coefficient (Wildman–Crippen LogP) is 2.07. The molecule has 0 fully saturated rings. The minimum absolute atomic E-state index is 0.0110. The van der Waals surface area contributed by atoms with Crippen LogP contribution in [0.3, 0.4) is 0 Å². The summed E-state index contributed by atoms with van der Waals surface area (Å²) in [7, 11) is 0. The molecule has 0 bridgehead atoms.